The van der Waals surface area contributed by atoms with Crippen LogP contribution in [0.3, 0.4) is 0 Å². The van der Waals surface area contributed by atoms with Crippen LogP contribution < -0.4 is 5.73 Å². The number of aromatic nitrogens is 2. The number of hydrogen-bond donors (Lipinski definition) is 1. The van der Waals surface area contributed by atoms with Gasteiger partial charge < -0.3 is 10.5 Å². The Balaban J connectivity index is 2.45. The van der Waals surface area contributed by atoms with Crippen LogP contribution in [0.2, 0.25) is 0 Å². The molecule has 5 heteroatoms. The highest BCUT2D eigenvalue weighted by molar-refractivity contribution is 7.99. The Morgan fingerprint density at radius 2 is 2.36 bits per heavy atom. The van der Waals surface area contributed by atoms with E-state index in [4.69, 9.17) is 10.5 Å². The fourth-order valence-corrected chi connectivity index (χ4v) is 1.85. The van der Waals surface area contributed by atoms with Crippen LogP contribution in [0, 0.1) is 6.92 Å². The van der Waals surface area contributed by atoms with Crippen LogP contribution in [0.5, 0.6) is 0 Å². The van der Waals surface area contributed by atoms with Crippen molar-refractivity contribution >= 4 is 17.7 Å². The van der Waals surface area contributed by atoms with Crippen LogP contribution in [-0.4, -0.2) is 29.4 Å². The van der Waals surface area contributed by atoms with E-state index in [9.17, 15) is 0 Å². The quantitative estimate of drug-likeness (QED) is 0.456. The van der Waals surface area contributed by atoms with Gasteiger partial charge in [0, 0.05) is 25.7 Å². The van der Waals surface area contributed by atoms with Crippen molar-refractivity contribution in [3.05, 3.63) is 11.8 Å². The lowest BCUT2D eigenvalue weighted by atomic mass is 10.4. The summed E-state index contributed by atoms with van der Waals surface area (Å²) in [6.07, 6.45) is 2.77. The number of nitrogens with two attached hydrogens (primary N) is 1. The maximum absolute atomic E-state index is 5.50. The summed E-state index contributed by atoms with van der Waals surface area (Å²) in [6, 6.07) is 0. The molecule has 1 heterocycles. The summed E-state index contributed by atoms with van der Waals surface area (Å²) in [6.45, 7) is 2.77. The molecule has 0 aromatic carbocycles. The molecule has 0 bridgehead atoms. The molecule has 14 heavy (non-hydrogen) atoms. The lowest BCUT2D eigenvalue weighted by Gasteiger charge is -2.04. The SMILES string of the molecule is COCCCSc1nc(N)ncc1C. The predicted molar refractivity (Wildman–Crippen MR) is 58.4 cm³/mol. The molecule has 0 saturated carbocycles. The first kappa shape index (κ1) is 11.3. The van der Waals surface area contributed by atoms with Crippen molar-refractivity contribution in [1.82, 2.24) is 9.97 Å². The van der Waals surface area contributed by atoms with Crippen LogP contribution >= 0.6 is 11.8 Å². The number of hydrogen-bond acceptors (Lipinski definition) is 5. The van der Waals surface area contributed by atoms with Gasteiger partial charge in [-0.3, -0.25) is 0 Å². The summed E-state index contributed by atoms with van der Waals surface area (Å²) in [5, 5.41) is 0.966. The fraction of sp³-hybridized carbons (Fsp3) is 0.556. The third-order valence-electron chi connectivity index (χ3n) is 1.68. The molecule has 0 aliphatic carbocycles. The van der Waals surface area contributed by atoms with Gasteiger partial charge in [-0.15, -0.1) is 11.8 Å². The standard InChI is InChI=1S/C9H15N3OS/c1-7-6-11-9(10)12-8(7)14-5-3-4-13-2/h6H,3-5H2,1-2H3,(H2,10,11,12). The molecular formula is C9H15N3OS. The minimum atomic E-state index is 0.338. The Bertz CT molecular complexity index is 293. The van der Waals surface area contributed by atoms with E-state index in [0.717, 1.165) is 29.4 Å². The average Bonchev–Trinajstić information content (AvgIpc) is 2.18. The zero-order valence-electron chi connectivity index (χ0n) is 8.49. The summed E-state index contributed by atoms with van der Waals surface area (Å²) >= 11 is 1.69. The first-order valence-corrected chi connectivity index (χ1v) is 5.43. The first-order valence-electron chi connectivity index (χ1n) is 4.45. The van der Waals surface area contributed by atoms with Gasteiger partial charge in [-0.25, -0.2) is 9.97 Å². The summed E-state index contributed by atoms with van der Waals surface area (Å²) in [5.41, 5.74) is 6.57. The van der Waals surface area contributed by atoms with Gasteiger partial charge in [-0.2, -0.15) is 0 Å². The van der Waals surface area contributed by atoms with Gasteiger partial charge in [0.25, 0.3) is 0 Å². The molecule has 1 aromatic rings. The highest BCUT2D eigenvalue weighted by atomic mass is 32.2. The van der Waals surface area contributed by atoms with E-state index in [-0.39, 0.29) is 0 Å². The summed E-state index contributed by atoms with van der Waals surface area (Å²) in [7, 11) is 1.71. The van der Waals surface area contributed by atoms with Crippen molar-refractivity contribution in [3.8, 4) is 0 Å². The van der Waals surface area contributed by atoms with Crippen molar-refractivity contribution in [3.63, 3.8) is 0 Å². The van der Waals surface area contributed by atoms with Crippen LogP contribution in [-0.2, 0) is 4.74 Å². The Morgan fingerprint density at radius 1 is 1.57 bits per heavy atom. The lowest BCUT2D eigenvalue weighted by molar-refractivity contribution is 0.200. The number of nitrogens with zero attached hydrogens (tertiary/aromatic N) is 2. The number of aryl methyl sites for hydroxylation is 1. The normalized spacial score (nSPS) is 10.4. The topological polar surface area (TPSA) is 61.0 Å². The number of ether oxygens (including phenoxy) is 1. The molecule has 0 saturated heterocycles. The van der Waals surface area contributed by atoms with Gasteiger partial charge in [0.1, 0.15) is 5.03 Å². The molecule has 1 rings (SSSR count). The third-order valence-corrected chi connectivity index (χ3v) is 2.85. The summed E-state index contributed by atoms with van der Waals surface area (Å²) in [4.78, 5) is 8.07. The fourth-order valence-electron chi connectivity index (χ4n) is 0.957. The van der Waals surface area contributed by atoms with Crippen LogP contribution in [0.4, 0.5) is 5.95 Å². The Hall–Kier alpha value is -0.810. The van der Waals surface area contributed by atoms with Crippen molar-refractivity contribution in [1.29, 1.82) is 0 Å². The summed E-state index contributed by atoms with van der Waals surface area (Å²) < 4.78 is 4.96. The molecule has 2 N–H and O–H groups in total. The van der Waals surface area contributed by atoms with E-state index in [2.05, 4.69) is 9.97 Å². The number of thioether (sulfide) groups is 1. The molecule has 0 fully saturated rings. The zero-order valence-corrected chi connectivity index (χ0v) is 9.30. The molecular weight excluding hydrogens is 198 g/mol. The maximum atomic E-state index is 5.50. The second-order valence-electron chi connectivity index (χ2n) is 2.91. The van der Waals surface area contributed by atoms with Gasteiger partial charge in [0.2, 0.25) is 5.95 Å². The highest BCUT2D eigenvalue weighted by Crippen LogP contribution is 2.20. The minimum Gasteiger partial charge on any atom is -0.385 e. The van der Waals surface area contributed by atoms with E-state index in [1.165, 1.54) is 0 Å². The summed E-state index contributed by atoms with van der Waals surface area (Å²) in [5.74, 6) is 1.33. The number of rotatable bonds is 5. The van der Waals surface area contributed by atoms with Crippen LogP contribution in [0.1, 0.15) is 12.0 Å². The van der Waals surface area contributed by atoms with Gasteiger partial charge >= 0.3 is 0 Å². The molecule has 0 spiro atoms. The van der Waals surface area contributed by atoms with Crippen molar-refractivity contribution in [2.75, 3.05) is 25.2 Å². The number of nitrogen functional groups attached to an aromatic ring is 1. The largest absolute Gasteiger partial charge is 0.385 e. The number of methoxy groups -OCH3 is 1. The van der Waals surface area contributed by atoms with Crippen molar-refractivity contribution < 1.29 is 4.74 Å². The third kappa shape index (κ3) is 3.51. The maximum Gasteiger partial charge on any atom is 0.221 e. The van der Waals surface area contributed by atoms with Gasteiger partial charge in [-0.05, 0) is 18.9 Å². The van der Waals surface area contributed by atoms with E-state index >= 15 is 0 Å². The second-order valence-corrected chi connectivity index (χ2v) is 3.99. The molecule has 0 radical (unpaired) electrons. The van der Waals surface area contributed by atoms with E-state index < -0.39 is 0 Å². The second kappa shape index (κ2) is 5.82. The van der Waals surface area contributed by atoms with Crippen LogP contribution in [0.15, 0.2) is 11.2 Å². The number of anilines is 1. The molecule has 0 atom stereocenters. The first-order chi connectivity index (χ1) is 6.74. The molecule has 4 nitrogen and oxygen atoms in total. The monoisotopic (exact) mass is 213 g/mol. The smallest absolute Gasteiger partial charge is 0.221 e. The van der Waals surface area contributed by atoms with Crippen molar-refractivity contribution in [2.45, 2.75) is 18.4 Å². The minimum absolute atomic E-state index is 0.338. The molecule has 0 unspecified atom stereocenters. The Kier molecular flexibility index (Phi) is 4.69. The van der Waals surface area contributed by atoms with Crippen LogP contribution in [0.25, 0.3) is 0 Å². The van der Waals surface area contributed by atoms with Gasteiger partial charge in [0.05, 0.1) is 0 Å². The van der Waals surface area contributed by atoms with Gasteiger partial charge in [0.15, 0.2) is 0 Å². The highest BCUT2D eigenvalue weighted by Gasteiger charge is 2.01. The predicted octanol–water partition coefficient (Wildman–Crippen LogP) is 1.50. The van der Waals surface area contributed by atoms with E-state index in [1.54, 1.807) is 25.1 Å². The molecule has 78 valence electrons. The zero-order chi connectivity index (χ0) is 10.4. The Labute approximate surface area is 88.3 Å². The molecule has 0 aliphatic rings. The molecule has 0 amide bonds. The molecule has 0 aliphatic heterocycles. The van der Waals surface area contributed by atoms with Gasteiger partial charge in [-0.1, -0.05) is 0 Å². The van der Waals surface area contributed by atoms with E-state index in [0.29, 0.717) is 5.95 Å². The van der Waals surface area contributed by atoms with Crippen molar-refractivity contribution in [2.24, 2.45) is 0 Å². The molecule has 1 aromatic heterocycles. The average molecular weight is 213 g/mol. The lowest BCUT2D eigenvalue weighted by Crippen LogP contribution is -1.98. The van der Waals surface area contributed by atoms with E-state index in [1.807, 2.05) is 6.92 Å². The Morgan fingerprint density at radius 3 is 3.07 bits per heavy atom.